The van der Waals surface area contributed by atoms with E-state index in [4.69, 9.17) is 4.74 Å². The van der Waals surface area contributed by atoms with Crippen LogP contribution in [0.2, 0.25) is 0 Å². The quantitative estimate of drug-likeness (QED) is 0.682. The van der Waals surface area contributed by atoms with Gasteiger partial charge in [-0.25, -0.2) is 8.42 Å². The van der Waals surface area contributed by atoms with E-state index < -0.39 is 15.9 Å². The molecule has 8 heteroatoms. The number of carbonyl (C=O) groups is 2. The molecule has 0 radical (unpaired) electrons. The Bertz CT molecular complexity index is 782. The summed E-state index contributed by atoms with van der Waals surface area (Å²) < 4.78 is 28.8. The lowest BCUT2D eigenvalue weighted by atomic mass is 9.96. The molecule has 0 aromatic heterocycles. The van der Waals surface area contributed by atoms with Crippen LogP contribution in [0.25, 0.3) is 0 Å². The highest BCUT2D eigenvalue weighted by molar-refractivity contribution is 7.91. The first-order valence-corrected chi connectivity index (χ1v) is 11.7. The third-order valence-corrected chi connectivity index (χ3v) is 7.06. The normalized spacial score (nSPS) is 23.8. The van der Waals surface area contributed by atoms with Crippen LogP contribution in [-0.2, 0) is 24.2 Å². The van der Waals surface area contributed by atoms with E-state index >= 15 is 0 Å². The summed E-state index contributed by atoms with van der Waals surface area (Å²) in [5.41, 5.74) is 0.852. The molecule has 154 valence electrons. The SMILES string of the molecule is CCOC(=O)C1CCCN(C(=O)C(c2ccccc2)N2CCS(=O)(=O)CC2)C1. The topological polar surface area (TPSA) is 84.0 Å². The molecule has 0 aliphatic carbocycles. The molecule has 0 spiro atoms. The molecular formula is C20H28N2O5S. The fourth-order valence-electron chi connectivity index (χ4n) is 3.93. The maximum atomic E-state index is 13.5. The van der Waals surface area contributed by atoms with Crippen molar-refractivity contribution in [3.8, 4) is 0 Å². The molecule has 2 unspecified atom stereocenters. The van der Waals surface area contributed by atoms with Crippen LogP contribution >= 0.6 is 0 Å². The third kappa shape index (κ3) is 4.91. The number of hydrogen-bond donors (Lipinski definition) is 0. The van der Waals surface area contributed by atoms with Crippen molar-refractivity contribution in [2.24, 2.45) is 5.92 Å². The molecule has 1 aromatic carbocycles. The van der Waals surface area contributed by atoms with Crippen molar-refractivity contribution in [3.05, 3.63) is 35.9 Å². The fourth-order valence-corrected chi connectivity index (χ4v) is 5.16. The van der Waals surface area contributed by atoms with Gasteiger partial charge in [-0.2, -0.15) is 0 Å². The Morgan fingerprint density at radius 2 is 1.82 bits per heavy atom. The molecule has 2 atom stereocenters. The van der Waals surface area contributed by atoms with Crippen LogP contribution in [0.5, 0.6) is 0 Å². The number of ether oxygens (including phenoxy) is 1. The van der Waals surface area contributed by atoms with E-state index in [0.29, 0.717) is 32.8 Å². The number of hydrogen-bond acceptors (Lipinski definition) is 6. The van der Waals surface area contributed by atoms with Crippen molar-refractivity contribution in [2.75, 3.05) is 44.3 Å². The zero-order valence-corrected chi connectivity index (χ0v) is 17.1. The van der Waals surface area contributed by atoms with Crippen molar-refractivity contribution >= 4 is 21.7 Å². The smallest absolute Gasteiger partial charge is 0.310 e. The minimum Gasteiger partial charge on any atom is -0.466 e. The van der Waals surface area contributed by atoms with Gasteiger partial charge >= 0.3 is 5.97 Å². The summed E-state index contributed by atoms with van der Waals surface area (Å²) in [6.07, 6.45) is 1.48. The van der Waals surface area contributed by atoms with Crippen LogP contribution in [0, 0.1) is 5.92 Å². The summed E-state index contributed by atoms with van der Waals surface area (Å²) in [6, 6.07) is 8.93. The monoisotopic (exact) mass is 408 g/mol. The fraction of sp³-hybridized carbons (Fsp3) is 0.600. The molecule has 1 amide bonds. The minimum atomic E-state index is -3.04. The van der Waals surface area contributed by atoms with Gasteiger partial charge in [-0.1, -0.05) is 30.3 Å². The summed E-state index contributed by atoms with van der Waals surface area (Å²) in [6.45, 7) is 3.74. The summed E-state index contributed by atoms with van der Waals surface area (Å²) in [5, 5.41) is 0. The third-order valence-electron chi connectivity index (χ3n) is 5.45. The second-order valence-corrected chi connectivity index (χ2v) is 9.68. The number of likely N-dealkylation sites (tertiary alicyclic amines) is 1. The number of sulfone groups is 1. The molecular weight excluding hydrogens is 380 g/mol. The molecule has 2 aliphatic rings. The van der Waals surface area contributed by atoms with Crippen LogP contribution in [0.15, 0.2) is 30.3 Å². The van der Waals surface area contributed by atoms with Gasteiger partial charge in [-0.3, -0.25) is 14.5 Å². The average Bonchev–Trinajstić information content (AvgIpc) is 2.70. The Morgan fingerprint density at radius 1 is 1.14 bits per heavy atom. The van der Waals surface area contributed by atoms with Gasteiger partial charge < -0.3 is 9.64 Å². The van der Waals surface area contributed by atoms with Gasteiger partial charge in [0.15, 0.2) is 9.84 Å². The Balaban J connectivity index is 1.80. The van der Waals surface area contributed by atoms with E-state index in [-0.39, 0.29) is 29.3 Å². The predicted molar refractivity (Wildman–Crippen MR) is 105 cm³/mol. The van der Waals surface area contributed by atoms with Crippen LogP contribution in [0.4, 0.5) is 0 Å². The van der Waals surface area contributed by atoms with Crippen LogP contribution in [0.1, 0.15) is 31.4 Å². The lowest BCUT2D eigenvalue weighted by Gasteiger charge is -2.39. The molecule has 1 aromatic rings. The van der Waals surface area contributed by atoms with Gasteiger partial charge in [0, 0.05) is 26.2 Å². The number of benzene rings is 1. The summed E-state index contributed by atoms with van der Waals surface area (Å²) in [4.78, 5) is 29.3. The van der Waals surface area contributed by atoms with Gasteiger partial charge in [-0.15, -0.1) is 0 Å². The number of rotatable bonds is 5. The highest BCUT2D eigenvalue weighted by Crippen LogP contribution is 2.28. The van der Waals surface area contributed by atoms with Gasteiger partial charge in [-0.05, 0) is 25.3 Å². The lowest BCUT2D eigenvalue weighted by Crippen LogP contribution is -2.51. The van der Waals surface area contributed by atoms with E-state index in [0.717, 1.165) is 18.4 Å². The number of carbonyl (C=O) groups excluding carboxylic acids is 2. The predicted octanol–water partition coefficient (Wildman–Crippen LogP) is 1.26. The maximum Gasteiger partial charge on any atom is 0.310 e. The van der Waals surface area contributed by atoms with Gasteiger partial charge in [0.05, 0.1) is 24.0 Å². The zero-order valence-electron chi connectivity index (χ0n) is 16.2. The first-order valence-electron chi connectivity index (χ1n) is 9.86. The van der Waals surface area contributed by atoms with Crippen LogP contribution in [-0.4, -0.2) is 74.4 Å². The van der Waals surface area contributed by atoms with Crippen LogP contribution in [0.3, 0.4) is 0 Å². The molecule has 2 aliphatic heterocycles. The minimum absolute atomic E-state index is 0.0645. The Kier molecular flexibility index (Phi) is 6.72. The molecule has 0 N–H and O–H groups in total. The van der Waals surface area contributed by atoms with E-state index in [1.54, 1.807) is 11.8 Å². The van der Waals surface area contributed by atoms with Crippen molar-refractivity contribution in [1.29, 1.82) is 0 Å². The molecule has 2 saturated heterocycles. The summed E-state index contributed by atoms with van der Waals surface area (Å²) >= 11 is 0. The largest absolute Gasteiger partial charge is 0.466 e. The second-order valence-electron chi connectivity index (χ2n) is 7.38. The van der Waals surface area contributed by atoms with Gasteiger partial charge in [0.1, 0.15) is 6.04 Å². The lowest BCUT2D eigenvalue weighted by molar-refractivity contribution is -0.152. The summed E-state index contributed by atoms with van der Waals surface area (Å²) in [5.74, 6) is -0.486. The van der Waals surface area contributed by atoms with E-state index in [9.17, 15) is 18.0 Å². The number of amides is 1. The molecule has 0 saturated carbocycles. The van der Waals surface area contributed by atoms with Crippen molar-refractivity contribution < 1.29 is 22.7 Å². The second kappa shape index (κ2) is 9.05. The number of esters is 1. The molecule has 2 heterocycles. The van der Waals surface area contributed by atoms with Crippen molar-refractivity contribution in [2.45, 2.75) is 25.8 Å². The van der Waals surface area contributed by atoms with Crippen molar-refractivity contribution in [3.63, 3.8) is 0 Å². The first kappa shape index (κ1) is 20.8. The van der Waals surface area contributed by atoms with Crippen LogP contribution < -0.4 is 0 Å². The maximum absolute atomic E-state index is 13.5. The van der Waals surface area contributed by atoms with E-state index in [1.807, 2.05) is 35.2 Å². The molecule has 2 fully saturated rings. The standard InChI is InChI=1S/C20H28N2O5S/c1-2-27-20(24)17-9-6-10-22(15-17)19(23)18(16-7-4-3-5-8-16)21-11-13-28(25,26)14-12-21/h3-5,7-8,17-18H,2,6,9-15H2,1H3. The zero-order chi connectivity index (χ0) is 20.1. The molecule has 0 bridgehead atoms. The average molecular weight is 409 g/mol. The van der Waals surface area contributed by atoms with E-state index in [2.05, 4.69) is 0 Å². The Labute approximate surface area is 166 Å². The molecule has 7 nitrogen and oxygen atoms in total. The number of nitrogens with zero attached hydrogens (tertiary/aromatic N) is 2. The van der Waals surface area contributed by atoms with Gasteiger partial charge in [0.25, 0.3) is 0 Å². The van der Waals surface area contributed by atoms with Gasteiger partial charge in [0.2, 0.25) is 5.91 Å². The highest BCUT2D eigenvalue weighted by atomic mass is 32.2. The number of piperidine rings is 1. The van der Waals surface area contributed by atoms with E-state index in [1.165, 1.54) is 0 Å². The first-order chi connectivity index (χ1) is 13.4. The Hall–Kier alpha value is -1.93. The molecule has 28 heavy (non-hydrogen) atoms. The highest BCUT2D eigenvalue weighted by Gasteiger charge is 2.37. The Morgan fingerprint density at radius 3 is 2.46 bits per heavy atom. The van der Waals surface area contributed by atoms with Crippen molar-refractivity contribution in [1.82, 2.24) is 9.80 Å². The molecule has 3 rings (SSSR count). The summed E-state index contributed by atoms with van der Waals surface area (Å²) in [7, 11) is -3.04.